The summed E-state index contributed by atoms with van der Waals surface area (Å²) in [7, 11) is 0. The van der Waals surface area contributed by atoms with Gasteiger partial charge in [0.25, 0.3) is 0 Å². The molecule has 0 amide bonds. The van der Waals surface area contributed by atoms with Crippen LogP contribution in [0.2, 0.25) is 0 Å². The van der Waals surface area contributed by atoms with E-state index in [-0.39, 0.29) is 13.2 Å². The van der Waals surface area contributed by atoms with E-state index in [0.717, 1.165) is 25.7 Å². The Morgan fingerprint density at radius 3 is 1.69 bits per heavy atom. The maximum Gasteiger partial charge on any atom is 0.508 e. The lowest BCUT2D eigenvalue weighted by Crippen LogP contribution is -2.07. The summed E-state index contributed by atoms with van der Waals surface area (Å²) in [6, 6.07) is 0. The smallest absolute Gasteiger partial charge is 0.430 e. The molecule has 0 radical (unpaired) electrons. The van der Waals surface area contributed by atoms with Crippen molar-refractivity contribution in [2.24, 2.45) is 0 Å². The molecule has 0 bridgehead atoms. The maximum absolute atomic E-state index is 11.0. The topological polar surface area (TPSA) is 35.5 Å². The molecule has 0 spiro atoms. The number of unbranched alkanes of at least 4 members (excludes halogenated alkanes) is 2. The molecule has 0 heterocycles. The van der Waals surface area contributed by atoms with Crippen LogP contribution in [0, 0.1) is 0 Å². The van der Waals surface area contributed by atoms with Crippen LogP contribution in [0.15, 0.2) is 24.3 Å². The van der Waals surface area contributed by atoms with Crippen LogP contribution < -0.4 is 0 Å². The zero-order valence-corrected chi connectivity index (χ0v) is 10.3. The first kappa shape index (κ1) is 14.8. The van der Waals surface area contributed by atoms with E-state index in [1.165, 1.54) is 0 Å². The van der Waals surface area contributed by atoms with Crippen LogP contribution in [0.1, 0.15) is 39.5 Å². The van der Waals surface area contributed by atoms with Crippen molar-refractivity contribution in [1.29, 1.82) is 0 Å². The molecule has 0 fully saturated rings. The second-order valence-corrected chi connectivity index (χ2v) is 3.39. The lowest BCUT2D eigenvalue weighted by molar-refractivity contribution is 0.0717. The fourth-order valence-electron chi connectivity index (χ4n) is 0.979. The van der Waals surface area contributed by atoms with E-state index < -0.39 is 6.16 Å². The van der Waals surface area contributed by atoms with Crippen LogP contribution in [-0.4, -0.2) is 19.4 Å². The number of hydrogen-bond donors (Lipinski definition) is 0. The number of allylic oxidation sites excluding steroid dienone is 2. The molecule has 0 aliphatic carbocycles. The third-order valence-corrected chi connectivity index (χ3v) is 1.84. The second kappa shape index (κ2) is 11.8. The Morgan fingerprint density at radius 1 is 0.875 bits per heavy atom. The van der Waals surface area contributed by atoms with Gasteiger partial charge in [0.05, 0.1) is 0 Å². The fourth-order valence-corrected chi connectivity index (χ4v) is 0.979. The van der Waals surface area contributed by atoms with Crippen LogP contribution in [0.3, 0.4) is 0 Å². The van der Waals surface area contributed by atoms with Crippen molar-refractivity contribution >= 4 is 6.16 Å². The lowest BCUT2D eigenvalue weighted by Gasteiger charge is -2.01. The largest absolute Gasteiger partial charge is 0.508 e. The van der Waals surface area contributed by atoms with Crippen molar-refractivity contribution < 1.29 is 14.3 Å². The number of carbonyl (C=O) groups excluding carboxylic acids is 1. The standard InChI is InChI=1S/C13H22O3/c1-3-5-7-9-11-15-13(14)16-12-10-8-6-4-2/h7-10H,3-6,11-12H2,1-2H3/b9-7+,10-8+. The van der Waals surface area contributed by atoms with Crippen molar-refractivity contribution in [2.45, 2.75) is 39.5 Å². The van der Waals surface area contributed by atoms with Crippen molar-refractivity contribution in [1.82, 2.24) is 0 Å². The van der Waals surface area contributed by atoms with Gasteiger partial charge < -0.3 is 9.47 Å². The predicted octanol–water partition coefficient (Wildman–Crippen LogP) is 3.85. The summed E-state index contributed by atoms with van der Waals surface area (Å²) in [6.45, 7) is 4.78. The van der Waals surface area contributed by atoms with Crippen molar-refractivity contribution in [3.05, 3.63) is 24.3 Å². The van der Waals surface area contributed by atoms with Crippen LogP contribution in [0.4, 0.5) is 4.79 Å². The highest BCUT2D eigenvalue weighted by Gasteiger charge is 1.98. The minimum atomic E-state index is -0.609. The molecule has 0 atom stereocenters. The van der Waals surface area contributed by atoms with Gasteiger partial charge >= 0.3 is 6.16 Å². The monoisotopic (exact) mass is 226 g/mol. The number of carbonyl (C=O) groups is 1. The van der Waals surface area contributed by atoms with Crippen molar-refractivity contribution in [3.63, 3.8) is 0 Å². The highest BCUT2D eigenvalue weighted by molar-refractivity contribution is 5.60. The fraction of sp³-hybridized carbons (Fsp3) is 0.615. The minimum absolute atomic E-state index is 0.289. The van der Waals surface area contributed by atoms with Gasteiger partial charge in [0.1, 0.15) is 13.2 Å². The van der Waals surface area contributed by atoms with Gasteiger partial charge in [0.15, 0.2) is 0 Å². The molecule has 0 saturated heterocycles. The number of ether oxygens (including phenoxy) is 2. The second-order valence-electron chi connectivity index (χ2n) is 3.39. The quantitative estimate of drug-likeness (QED) is 0.466. The maximum atomic E-state index is 11.0. The van der Waals surface area contributed by atoms with Gasteiger partial charge in [-0.2, -0.15) is 0 Å². The summed E-state index contributed by atoms with van der Waals surface area (Å²) in [5, 5.41) is 0. The molecule has 0 unspecified atom stereocenters. The molecule has 92 valence electrons. The average molecular weight is 226 g/mol. The Kier molecular flexibility index (Phi) is 10.9. The molecular weight excluding hydrogens is 204 g/mol. The van der Waals surface area contributed by atoms with E-state index in [0.29, 0.717) is 0 Å². The van der Waals surface area contributed by atoms with Gasteiger partial charge in [-0.15, -0.1) is 0 Å². The Labute approximate surface area is 98.1 Å². The molecule has 0 rings (SSSR count). The summed E-state index contributed by atoms with van der Waals surface area (Å²) in [4.78, 5) is 11.0. The number of rotatable bonds is 8. The van der Waals surface area contributed by atoms with E-state index in [1.54, 1.807) is 0 Å². The van der Waals surface area contributed by atoms with E-state index in [4.69, 9.17) is 9.47 Å². The molecule has 0 aromatic rings. The molecule has 0 aliphatic rings. The van der Waals surface area contributed by atoms with E-state index in [2.05, 4.69) is 13.8 Å². The summed E-state index contributed by atoms with van der Waals surface area (Å²) in [6.07, 6.45) is 11.3. The Hall–Kier alpha value is -1.25. The first-order valence-corrected chi connectivity index (χ1v) is 5.90. The van der Waals surface area contributed by atoms with Gasteiger partial charge in [-0.3, -0.25) is 0 Å². The molecule has 0 aromatic heterocycles. The predicted molar refractivity (Wildman–Crippen MR) is 65.4 cm³/mol. The van der Waals surface area contributed by atoms with Crippen LogP contribution >= 0.6 is 0 Å². The third kappa shape index (κ3) is 10.8. The summed E-state index contributed by atoms with van der Waals surface area (Å²) in [5.41, 5.74) is 0. The minimum Gasteiger partial charge on any atom is -0.430 e. The van der Waals surface area contributed by atoms with E-state index in [9.17, 15) is 4.79 Å². The molecule has 0 N–H and O–H groups in total. The molecule has 3 heteroatoms. The SMILES string of the molecule is CCC/C=C/COC(=O)OC/C=C/CCC. The highest BCUT2D eigenvalue weighted by atomic mass is 16.7. The molecule has 0 saturated carbocycles. The normalized spacial score (nSPS) is 11.1. The van der Waals surface area contributed by atoms with Gasteiger partial charge in [-0.1, -0.05) is 51.0 Å². The third-order valence-electron chi connectivity index (χ3n) is 1.84. The summed E-state index contributed by atoms with van der Waals surface area (Å²) in [5.74, 6) is 0. The van der Waals surface area contributed by atoms with Crippen LogP contribution in [0.5, 0.6) is 0 Å². The van der Waals surface area contributed by atoms with E-state index in [1.807, 2.05) is 24.3 Å². The average Bonchev–Trinajstić information content (AvgIpc) is 2.28. The Morgan fingerprint density at radius 2 is 1.31 bits per heavy atom. The first-order chi connectivity index (χ1) is 7.81. The first-order valence-electron chi connectivity index (χ1n) is 5.90. The molecule has 16 heavy (non-hydrogen) atoms. The Balaban J connectivity index is 3.37. The highest BCUT2D eigenvalue weighted by Crippen LogP contribution is 1.92. The Bertz CT molecular complexity index is 197. The number of hydrogen-bond acceptors (Lipinski definition) is 3. The molecular formula is C13H22O3. The lowest BCUT2D eigenvalue weighted by atomic mass is 10.3. The summed E-state index contributed by atoms with van der Waals surface area (Å²) >= 11 is 0. The van der Waals surface area contributed by atoms with E-state index >= 15 is 0 Å². The molecule has 0 aliphatic heterocycles. The van der Waals surface area contributed by atoms with Crippen LogP contribution in [0.25, 0.3) is 0 Å². The van der Waals surface area contributed by atoms with Gasteiger partial charge in [-0.25, -0.2) is 4.79 Å². The van der Waals surface area contributed by atoms with Crippen molar-refractivity contribution in [3.8, 4) is 0 Å². The van der Waals surface area contributed by atoms with Gasteiger partial charge in [-0.05, 0) is 12.8 Å². The summed E-state index contributed by atoms with van der Waals surface area (Å²) < 4.78 is 9.63. The molecule has 0 aromatic carbocycles. The van der Waals surface area contributed by atoms with Crippen LogP contribution in [-0.2, 0) is 9.47 Å². The van der Waals surface area contributed by atoms with Crippen molar-refractivity contribution in [2.75, 3.05) is 13.2 Å². The molecule has 3 nitrogen and oxygen atoms in total. The zero-order chi connectivity index (χ0) is 12.1. The van der Waals surface area contributed by atoms with Gasteiger partial charge in [0, 0.05) is 0 Å². The van der Waals surface area contributed by atoms with Gasteiger partial charge in [0.2, 0.25) is 0 Å². The zero-order valence-electron chi connectivity index (χ0n) is 10.3.